The van der Waals surface area contributed by atoms with Crippen molar-refractivity contribution in [2.24, 2.45) is 0 Å². The molecule has 2 rings (SSSR count). The molecule has 1 aromatic carbocycles. The fraction of sp³-hybridized carbons (Fsp3) is 0. The van der Waals surface area contributed by atoms with E-state index in [0.717, 1.165) is 0 Å². The van der Waals surface area contributed by atoms with Gasteiger partial charge in [-0.25, -0.2) is 0 Å². The van der Waals surface area contributed by atoms with Crippen LogP contribution >= 0.6 is 27.5 Å². The van der Waals surface area contributed by atoms with E-state index in [2.05, 4.69) is 26.2 Å². The molecule has 1 aromatic heterocycles. The number of halogens is 2. The van der Waals surface area contributed by atoms with Gasteiger partial charge in [0, 0.05) is 12.4 Å². The lowest BCUT2D eigenvalue weighted by molar-refractivity contribution is -0.384. The first-order valence-electron chi connectivity index (χ1n) is 5.48. The van der Waals surface area contributed by atoms with E-state index in [1.54, 1.807) is 0 Å². The molecule has 108 valence electrons. The summed E-state index contributed by atoms with van der Waals surface area (Å²) in [7, 11) is 0. The van der Waals surface area contributed by atoms with Gasteiger partial charge >= 0.3 is 5.69 Å². The second-order valence-electron chi connectivity index (χ2n) is 3.87. The lowest BCUT2D eigenvalue weighted by Crippen LogP contribution is -2.13. The predicted octanol–water partition coefficient (Wildman–Crippen LogP) is 3.36. The van der Waals surface area contributed by atoms with Crippen molar-refractivity contribution in [1.82, 2.24) is 4.98 Å². The van der Waals surface area contributed by atoms with Crippen LogP contribution < -0.4 is 5.32 Å². The van der Waals surface area contributed by atoms with Crippen molar-refractivity contribution in [3.8, 4) is 5.75 Å². The summed E-state index contributed by atoms with van der Waals surface area (Å²) in [6, 6.07) is 4.19. The number of carbonyl (C=O) groups is 1. The van der Waals surface area contributed by atoms with E-state index in [1.807, 2.05) is 0 Å². The van der Waals surface area contributed by atoms with Crippen LogP contribution in [0.1, 0.15) is 10.4 Å². The maximum absolute atomic E-state index is 12.0. The third-order valence-corrected chi connectivity index (χ3v) is 3.42. The summed E-state index contributed by atoms with van der Waals surface area (Å²) >= 11 is 8.74. The number of amides is 1. The molecule has 1 amide bonds. The van der Waals surface area contributed by atoms with Gasteiger partial charge in [-0.3, -0.25) is 19.9 Å². The number of nitro groups is 1. The van der Waals surface area contributed by atoms with Crippen LogP contribution in [0.15, 0.2) is 35.1 Å². The van der Waals surface area contributed by atoms with E-state index in [1.165, 1.54) is 30.6 Å². The summed E-state index contributed by atoms with van der Waals surface area (Å²) < 4.78 is 0.0387. The van der Waals surface area contributed by atoms with Crippen LogP contribution in [0.2, 0.25) is 5.02 Å². The number of phenolic OH excluding ortho intramolecular Hbond substituents is 1. The Morgan fingerprint density at radius 1 is 1.52 bits per heavy atom. The van der Waals surface area contributed by atoms with Gasteiger partial charge in [-0.2, -0.15) is 0 Å². The van der Waals surface area contributed by atoms with E-state index in [9.17, 15) is 20.0 Å². The normalized spacial score (nSPS) is 10.2. The smallest absolute Gasteiger partial charge is 0.310 e. The van der Waals surface area contributed by atoms with Crippen molar-refractivity contribution in [3.05, 3.63) is 55.8 Å². The third kappa shape index (κ3) is 3.11. The highest BCUT2D eigenvalue weighted by molar-refractivity contribution is 9.10. The minimum atomic E-state index is -0.737. The average Bonchev–Trinajstić information content (AvgIpc) is 2.44. The van der Waals surface area contributed by atoms with Crippen LogP contribution in [0.3, 0.4) is 0 Å². The molecule has 7 nitrogen and oxygen atoms in total. The summed E-state index contributed by atoms with van der Waals surface area (Å²) in [6.45, 7) is 0. The molecule has 0 saturated heterocycles. The van der Waals surface area contributed by atoms with Gasteiger partial charge in [0.15, 0.2) is 11.4 Å². The Hall–Kier alpha value is -2.19. The number of rotatable bonds is 3. The predicted molar refractivity (Wildman–Crippen MR) is 79.7 cm³/mol. The third-order valence-electron chi connectivity index (χ3n) is 2.52. The van der Waals surface area contributed by atoms with E-state index in [0.29, 0.717) is 0 Å². The van der Waals surface area contributed by atoms with Crippen molar-refractivity contribution >= 4 is 44.8 Å². The quantitative estimate of drug-likeness (QED) is 0.488. The molecule has 21 heavy (non-hydrogen) atoms. The molecule has 0 fully saturated rings. The number of aromatic nitrogens is 1. The Morgan fingerprint density at radius 3 is 2.81 bits per heavy atom. The van der Waals surface area contributed by atoms with E-state index in [4.69, 9.17) is 11.6 Å². The second kappa shape index (κ2) is 6.06. The number of phenols is 1. The molecular formula is C12H7BrClN3O4. The first-order chi connectivity index (χ1) is 9.91. The number of nitrogens with one attached hydrogen (secondary N) is 1. The molecule has 0 unspecified atom stereocenters. The van der Waals surface area contributed by atoms with E-state index in [-0.39, 0.29) is 20.7 Å². The molecule has 0 aliphatic rings. The average molecular weight is 373 g/mol. The molecule has 0 spiro atoms. The number of nitrogens with zero attached hydrogens (tertiary/aromatic N) is 2. The van der Waals surface area contributed by atoms with E-state index >= 15 is 0 Å². The molecule has 2 N–H and O–H groups in total. The van der Waals surface area contributed by atoms with Crippen LogP contribution in [-0.2, 0) is 0 Å². The zero-order valence-corrected chi connectivity index (χ0v) is 12.6. The van der Waals surface area contributed by atoms with E-state index < -0.39 is 22.3 Å². The summed E-state index contributed by atoms with van der Waals surface area (Å²) in [5, 5.41) is 23.1. The van der Waals surface area contributed by atoms with Gasteiger partial charge in [0.2, 0.25) is 0 Å². The molecular weight excluding hydrogens is 366 g/mol. The van der Waals surface area contributed by atoms with Gasteiger partial charge in [0.05, 0.1) is 20.0 Å². The minimum absolute atomic E-state index is 0.0387. The van der Waals surface area contributed by atoms with Gasteiger partial charge in [-0.05, 0) is 34.1 Å². The fourth-order valence-corrected chi connectivity index (χ4v) is 2.49. The second-order valence-corrected chi connectivity index (χ2v) is 5.13. The maximum atomic E-state index is 12.0. The van der Waals surface area contributed by atoms with Crippen molar-refractivity contribution in [3.63, 3.8) is 0 Å². The number of carbonyl (C=O) groups excluding carboxylic acids is 1. The van der Waals surface area contributed by atoms with Gasteiger partial charge in [-0.1, -0.05) is 11.6 Å². The minimum Gasteiger partial charge on any atom is -0.504 e. The SMILES string of the molecule is O=C(Nc1c(O)c(Cl)cc(Br)c1[N+](=O)[O-])c1cccnc1. The summed E-state index contributed by atoms with van der Waals surface area (Å²) in [5.74, 6) is -1.24. The molecule has 0 radical (unpaired) electrons. The lowest BCUT2D eigenvalue weighted by Gasteiger charge is -2.10. The highest BCUT2D eigenvalue weighted by Crippen LogP contribution is 2.44. The molecule has 1 heterocycles. The number of hydrogen-bond acceptors (Lipinski definition) is 5. The number of anilines is 1. The maximum Gasteiger partial charge on any atom is 0.310 e. The van der Waals surface area contributed by atoms with Crippen molar-refractivity contribution in [1.29, 1.82) is 0 Å². The zero-order chi connectivity index (χ0) is 15.6. The van der Waals surface area contributed by atoms with Crippen LogP contribution in [0.5, 0.6) is 5.75 Å². The molecule has 0 bridgehead atoms. The Labute approximate surface area is 131 Å². The largest absolute Gasteiger partial charge is 0.504 e. The first kappa shape index (κ1) is 15.2. The van der Waals surface area contributed by atoms with Crippen LogP contribution in [0, 0.1) is 10.1 Å². The topological polar surface area (TPSA) is 105 Å². The molecule has 0 aliphatic carbocycles. The number of aromatic hydroxyl groups is 1. The summed E-state index contributed by atoms with van der Waals surface area (Å²) in [6.07, 6.45) is 2.77. The highest BCUT2D eigenvalue weighted by Gasteiger charge is 2.26. The van der Waals surface area contributed by atoms with Crippen LogP contribution in [-0.4, -0.2) is 20.9 Å². The van der Waals surface area contributed by atoms with Crippen molar-refractivity contribution < 1.29 is 14.8 Å². The van der Waals surface area contributed by atoms with Gasteiger partial charge in [0.25, 0.3) is 5.91 Å². The van der Waals surface area contributed by atoms with Crippen molar-refractivity contribution in [2.45, 2.75) is 0 Å². The van der Waals surface area contributed by atoms with Crippen molar-refractivity contribution in [2.75, 3.05) is 5.32 Å². The Kier molecular flexibility index (Phi) is 4.39. The Morgan fingerprint density at radius 2 is 2.24 bits per heavy atom. The summed E-state index contributed by atoms with van der Waals surface area (Å²) in [4.78, 5) is 26.1. The monoisotopic (exact) mass is 371 g/mol. The zero-order valence-electron chi connectivity index (χ0n) is 10.2. The van der Waals surface area contributed by atoms with Gasteiger partial charge in [-0.15, -0.1) is 0 Å². The van der Waals surface area contributed by atoms with Gasteiger partial charge < -0.3 is 10.4 Å². The Balaban J connectivity index is 2.49. The molecule has 2 aromatic rings. The summed E-state index contributed by atoms with van der Waals surface area (Å²) in [5.41, 5.74) is -0.690. The van der Waals surface area contributed by atoms with Crippen LogP contribution in [0.25, 0.3) is 0 Å². The highest BCUT2D eigenvalue weighted by atomic mass is 79.9. The number of nitro benzene ring substituents is 1. The number of benzene rings is 1. The number of hydrogen-bond donors (Lipinski definition) is 2. The molecule has 9 heteroatoms. The number of pyridine rings is 1. The lowest BCUT2D eigenvalue weighted by atomic mass is 10.2. The first-order valence-corrected chi connectivity index (χ1v) is 6.65. The molecule has 0 aliphatic heterocycles. The van der Waals surface area contributed by atoms with Gasteiger partial charge in [0.1, 0.15) is 0 Å². The van der Waals surface area contributed by atoms with Crippen LogP contribution in [0.4, 0.5) is 11.4 Å². The fourth-order valence-electron chi connectivity index (χ4n) is 1.58. The standard InChI is InChI=1S/C12H7BrClN3O4/c13-7-4-8(14)11(18)9(10(7)17(20)21)16-12(19)6-2-1-3-15-5-6/h1-5,18H,(H,16,19). The Bertz CT molecular complexity index is 724. The molecule has 0 saturated carbocycles. The molecule has 0 atom stereocenters.